The molecular formula is C20H30N2O2. The Morgan fingerprint density at radius 3 is 2.21 bits per heavy atom. The van der Waals surface area contributed by atoms with Crippen molar-refractivity contribution in [3.05, 3.63) is 35.4 Å². The van der Waals surface area contributed by atoms with Gasteiger partial charge in [-0.15, -0.1) is 0 Å². The Morgan fingerprint density at radius 2 is 1.67 bits per heavy atom. The van der Waals surface area contributed by atoms with Gasteiger partial charge in [0.15, 0.2) is 0 Å². The quantitative estimate of drug-likeness (QED) is 0.858. The van der Waals surface area contributed by atoms with E-state index in [2.05, 4.69) is 34.1 Å². The maximum atomic E-state index is 10.3. The van der Waals surface area contributed by atoms with Gasteiger partial charge in [-0.2, -0.15) is 0 Å². The molecule has 0 bridgehead atoms. The van der Waals surface area contributed by atoms with Crippen LogP contribution in [-0.4, -0.2) is 70.5 Å². The first kappa shape index (κ1) is 16.5. The van der Waals surface area contributed by atoms with Gasteiger partial charge in [-0.05, 0) is 43.2 Å². The minimum Gasteiger partial charge on any atom is -0.392 e. The number of nitrogens with zero attached hydrogens (tertiary/aromatic N) is 2. The van der Waals surface area contributed by atoms with E-state index in [9.17, 15) is 10.2 Å². The molecule has 0 aromatic heterocycles. The van der Waals surface area contributed by atoms with Gasteiger partial charge in [0.2, 0.25) is 0 Å². The van der Waals surface area contributed by atoms with Crippen molar-refractivity contribution >= 4 is 0 Å². The van der Waals surface area contributed by atoms with Crippen LogP contribution in [0.25, 0.3) is 0 Å². The lowest BCUT2D eigenvalue weighted by molar-refractivity contribution is -0.0746. The van der Waals surface area contributed by atoms with Crippen molar-refractivity contribution in [1.29, 1.82) is 0 Å². The Balaban J connectivity index is 1.23. The summed E-state index contributed by atoms with van der Waals surface area (Å²) in [5.74, 6) is 0. The lowest BCUT2D eigenvalue weighted by atomic mass is 9.76. The van der Waals surface area contributed by atoms with Gasteiger partial charge in [0.25, 0.3) is 0 Å². The summed E-state index contributed by atoms with van der Waals surface area (Å²) >= 11 is 0. The topological polar surface area (TPSA) is 46.9 Å². The average Bonchev–Trinajstić information content (AvgIpc) is 2.98. The Bertz CT molecular complexity index is 540. The fourth-order valence-corrected chi connectivity index (χ4v) is 4.70. The van der Waals surface area contributed by atoms with Crippen molar-refractivity contribution in [3.8, 4) is 0 Å². The minimum atomic E-state index is -0.573. The van der Waals surface area contributed by atoms with Crippen LogP contribution in [0, 0.1) is 0 Å². The molecule has 0 spiro atoms. The second kappa shape index (κ2) is 6.75. The lowest BCUT2D eigenvalue weighted by Crippen LogP contribution is -2.52. The zero-order chi connectivity index (χ0) is 16.6. The normalized spacial score (nSPS) is 26.1. The molecule has 1 aliphatic heterocycles. The van der Waals surface area contributed by atoms with E-state index in [1.165, 1.54) is 24.0 Å². The first-order valence-electron chi connectivity index (χ1n) is 9.55. The molecule has 1 aromatic carbocycles. The van der Waals surface area contributed by atoms with Crippen LogP contribution >= 0.6 is 0 Å². The van der Waals surface area contributed by atoms with Crippen molar-refractivity contribution in [1.82, 2.24) is 9.80 Å². The Hall–Kier alpha value is -0.940. The number of aliphatic hydroxyl groups is 2. The molecule has 1 saturated heterocycles. The highest BCUT2D eigenvalue weighted by molar-refractivity contribution is 5.33. The molecule has 1 saturated carbocycles. The van der Waals surface area contributed by atoms with Gasteiger partial charge in [-0.1, -0.05) is 24.3 Å². The molecule has 0 radical (unpaired) electrons. The first-order valence-corrected chi connectivity index (χ1v) is 9.55. The second-order valence-corrected chi connectivity index (χ2v) is 8.10. The molecule has 2 fully saturated rings. The summed E-state index contributed by atoms with van der Waals surface area (Å²) in [6, 6.07) is 9.50. The fraction of sp³-hybridized carbons (Fsp3) is 0.700. The summed E-state index contributed by atoms with van der Waals surface area (Å²) in [5, 5.41) is 20.5. The smallest absolute Gasteiger partial charge is 0.0694 e. The van der Waals surface area contributed by atoms with Gasteiger partial charge in [0.1, 0.15) is 0 Å². The van der Waals surface area contributed by atoms with E-state index >= 15 is 0 Å². The largest absolute Gasteiger partial charge is 0.392 e. The monoisotopic (exact) mass is 330 g/mol. The van der Waals surface area contributed by atoms with E-state index in [0.717, 1.165) is 45.4 Å². The number of hydrogen-bond donors (Lipinski definition) is 2. The third-order valence-electron chi connectivity index (χ3n) is 6.32. The lowest BCUT2D eigenvalue weighted by Gasteiger charge is -2.41. The van der Waals surface area contributed by atoms with Crippen LogP contribution in [0.1, 0.15) is 36.8 Å². The second-order valence-electron chi connectivity index (χ2n) is 8.10. The van der Waals surface area contributed by atoms with Crippen molar-refractivity contribution in [2.24, 2.45) is 0 Å². The molecule has 1 heterocycles. The summed E-state index contributed by atoms with van der Waals surface area (Å²) in [6.45, 7) is 4.96. The van der Waals surface area contributed by atoms with Crippen LogP contribution in [0.4, 0.5) is 0 Å². The predicted molar refractivity (Wildman–Crippen MR) is 95.1 cm³/mol. The summed E-state index contributed by atoms with van der Waals surface area (Å²) < 4.78 is 0. The highest BCUT2D eigenvalue weighted by Gasteiger charge is 2.37. The van der Waals surface area contributed by atoms with E-state index in [0.29, 0.717) is 19.0 Å². The average molecular weight is 330 g/mol. The molecule has 24 heavy (non-hydrogen) atoms. The molecule has 0 amide bonds. The third-order valence-corrected chi connectivity index (χ3v) is 6.32. The minimum absolute atomic E-state index is 0.391. The van der Waals surface area contributed by atoms with Crippen molar-refractivity contribution in [2.75, 3.05) is 32.7 Å². The van der Waals surface area contributed by atoms with Crippen LogP contribution in [0.3, 0.4) is 0 Å². The van der Waals surface area contributed by atoms with Gasteiger partial charge in [-0.25, -0.2) is 0 Å². The molecular weight excluding hydrogens is 300 g/mol. The van der Waals surface area contributed by atoms with Crippen molar-refractivity contribution in [2.45, 2.75) is 56.3 Å². The highest BCUT2D eigenvalue weighted by Crippen LogP contribution is 2.35. The molecule has 2 aliphatic carbocycles. The Labute approximate surface area is 145 Å². The summed E-state index contributed by atoms with van der Waals surface area (Å²) in [4.78, 5) is 4.99. The molecule has 1 aromatic rings. The van der Waals surface area contributed by atoms with E-state index in [1.807, 2.05) is 0 Å². The number of hydrogen-bond acceptors (Lipinski definition) is 4. The first-order chi connectivity index (χ1) is 11.6. The molecule has 4 heteroatoms. The van der Waals surface area contributed by atoms with Gasteiger partial charge >= 0.3 is 0 Å². The van der Waals surface area contributed by atoms with Gasteiger partial charge in [-0.3, -0.25) is 9.80 Å². The SMILES string of the molecule is OC(CN1CCN(C2Cc3ccccc3C2)CC1)CC1(O)CCC1. The summed E-state index contributed by atoms with van der Waals surface area (Å²) in [7, 11) is 0. The molecule has 4 nitrogen and oxygen atoms in total. The molecule has 2 N–H and O–H groups in total. The van der Waals surface area contributed by atoms with Crippen LogP contribution in [0.15, 0.2) is 24.3 Å². The van der Waals surface area contributed by atoms with Crippen LogP contribution in [0.2, 0.25) is 0 Å². The van der Waals surface area contributed by atoms with E-state index < -0.39 is 11.7 Å². The predicted octanol–water partition coefficient (Wildman–Crippen LogP) is 1.44. The zero-order valence-electron chi connectivity index (χ0n) is 14.5. The van der Waals surface area contributed by atoms with Gasteiger partial charge in [0, 0.05) is 45.2 Å². The highest BCUT2D eigenvalue weighted by atomic mass is 16.3. The molecule has 3 aliphatic rings. The van der Waals surface area contributed by atoms with E-state index in [4.69, 9.17) is 0 Å². The van der Waals surface area contributed by atoms with Crippen LogP contribution in [0.5, 0.6) is 0 Å². The van der Waals surface area contributed by atoms with Crippen molar-refractivity contribution in [3.63, 3.8) is 0 Å². The number of rotatable bonds is 5. The number of fused-ring (bicyclic) bond motifs is 1. The standard InChI is InChI=1S/C20H30N2O2/c23-19(14-20(24)6-3-7-20)15-21-8-10-22(11-9-21)18-12-16-4-1-2-5-17(16)13-18/h1-2,4-5,18-19,23-24H,3,6-15H2. The molecule has 132 valence electrons. The van der Waals surface area contributed by atoms with Crippen LogP contribution in [-0.2, 0) is 12.8 Å². The maximum absolute atomic E-state index is 10.3. The number of benzene rings is 1. The number of β-amino-alcohol motifs (C(OH)–C–C–N with tert-alkyl or cyclic N) is 1. The van der Waals surface area contributed by atoms with Gasteiger partial charge in [0.05, 0.1) is 11.7 Å². The summed E-state index contributed by atoms with van der Waals surface area (Å²) in [6.07, 6.45) is 5.35. The zero-order valence-corrected chi connectivity index (χ0v) is 14.5. The fourth-order valence-electron chi connectivity index (χ4n) is 4.70. The molecule has 4 rings (SSSR count). The molecule has 1 atom stereocenters. The van der Waals surface area contributed by atoms with Crippen molar-refractivity contribution < 1.29 is 10.2 Å². The number of aliphatic hydroxyl groups excluding tert-OH is 1. The van der Waals surface area contributed by atoms with Crippen LogP contribution < -0.4 is 0 Å². The van der Waals surface area contributed by atoms with E-state index in [1.54, 1.807) is 0 Å². The third kappa shape index (κ3) is 3.52. The van der Waals surface area contributed by atoms with Gasteiger partial charge < -0.3 is 10.2 Å². The van der Waals surface area contributed by atoms with E-state index in [-0.39, 0.29) is 0 Å². The Morgan fingerprint density at radius 1 is 1.04 bits per heavy atom. The number of piperazine rings is 1. The maximum Gasteiger partial charge on any atom is 0.0694 e. The summed E-state index contributed by atoms with van der Waals surface area (Å²) in [5.41, 5.74) is 2.47. The Kier molecular flexibility index (Phi) is 4.65. The molecule has 1 unspecified atom stereocenters.